The Morgan fingerprint density at radius 1 is 1.50 bits per heavy atom. The lowest BCUT2D eigenvalue weighted by atomic mass is 10.1. The summed E-state index contributed by atoms with van der Waals surface area (Å²) in [5.74, 6) is 0. The molecule has 1 aliphatic heterocycles. The second kappa shape index (κ2) is 3.03. The molecule has 64 valence electrons. The van der Waals surface area contributed by atoms with Crippen LogP contribution in [0.15, 0.2) is 22.9 Å². The summed E-state index contributed by atoms with van der Waals surface area (Å²) in [5, 5.41) is 9.08. The van der Waals surface area contributed by atoms with Gasteiger partial charge in [-0.1, -0.05) is 0 Å². The maximum Gasteiger partial charge on any atom is 0.0889 e. The molecule has 2 rings (SSSR count). The molecule has 0 aromatic carbocycles. The van der Waals surface area contributed by atoms with E-state index in [0.717, 1.165) is 23.2 Å². The number of β-amino-alcohol motifs (C(OH)–C–C–N with tert-alkyl or cyclic N) is 1. The van der Waals surface area contributed by atoms with Crippen LogP contribution in [-0.2, 0) is 0 Å². The van der Waals surface area contributed by atoms with Gasteiger partial charge in [-0.25, -0.2) is 0 Å². The van der Waals surface area contributed by atoms with Gasteiger partial charge in [0.05, 0.1) is 18.0 Å². The summed E-state index contributed by atoms with van der Waals surface area (Å²) in [6.45, 7) is 1.44. The average Bonchev–Trinajstić information content (AvgIpc) is 1.99. The van der Waals surface area contributed by atoms with Crippen LogP contribution in [0.4, 0.5) is 5.69 Å². The number of aromatic nitrogens is 1. The van der Waals surface area contributed by atoms with E-state index in [1.165, 1.54) is 0 Å². The molecule has 0 radical (unpaired) electrons. The van der Waals surface area contributed by atoms with Crippen LogP contribution in [0.25, 0.3) is 0 Å². The standard InChI is InChI=1S/C8H9BrN2O/c9-6-1-7(3-10-2-6)11-4-8(12)5-11/h1-3,8,12H,4-5H2. The molecular weight excluding hydrogens is 220 g/mol. The Morgan fingerprint density at radius 2 is 2.25 bits per heavy atom. The Morgan fingerprint density at radius 3 is 2.83 bits per heavy atom. The first kappa shape index (κ1) is 8.01. The normalized spacial score (nSPS) is 17.7. The Bertz CT molecular complexity index is 286. The summed E-state index contributed by atoms with van der Waals surface area (Å²) in [4.78, 5) is 6.13. The van der Waals surface area contributed by atoms with Gasteiger partial charge in [-0.3, -0.25) is 4.98 Å². The van der Waals surface area contributed by atoms with E-state index in [-0.39, 0.29) is 6.10 Å². The van der Waals surface area contributed by atoms with E-state index in [1.807, 2.05) is 6.07 Å². The lowest BCUT2D eigenvalue weighted by Gasteiger charge is -2.37. The molecule has 1 N–H and O–H groups in total. The third kappa shape index (κ3) is 1.44. The SMILES string of the molecule is OC1CN(c2cncc(Br)c2)C1. The van der Waals surface area contributed by atoms with Crippen molar-refractivity contribution in [3.8, 4) is 0 Å². The summed E-state index contributed by atoms with van der Waals surface area (Å²) in [7, 11) is 0. The molecule has 0 aliphatic carbocycles. The van der Waals surface area contributed by atoms with Gasteiger partial charge in [0.15, 0.2) is 0 Å². The average molecular weight is 229 g/mol. The molecule has 1 aromatic rings. The molecule has 2 heterocycles. The minimum atomic E-state index is -0.163. The van der Waals surface area contributed by atoms with Gasteiger partial charge in [0.1, 0.15) is 0 Å². The van der Waals surface area contributed by atoms with Crippen molar-refractivity contribution >= 4 is 21.6 Å². The van der Waals surface area contributed by atoms with E-state index in [1.54, 1.807) is 12.4 Å². The first-order valence-electron chi connectivity index (χ1n) is 3.79. The van der Waals surface area contributed by atoms with Crippen LogP contribution in [-0.4, -0.2) is 29.3 Å². The van der Waals surface area contributed by atoms with Crippen molar-refractivity contribution in [1.82, 2.24) is 4.98 Å². The first-order chi connectivity index (χ1) is 5.75. The number of hydrogen-bond acceptors (Lipinski definition) is 3. The van der Waals surface area contributed by atoms with Crippen LogP contribution in [0.2, 0.25) is 0 Å². The fourth-order valence-corrected chi connectivity index (χ4v) is 1.59. The van der Waals surface area contributed by atoms with Crippen LogP contribution in [0.3, 0.4) is 0 Å². The number of rotatable bonds is 1. The summed E-state index contributed by atoms with van der Waals surface area (Å²) in [5.41, 5.74) is 1.06. The lowest BCUT2D eigenvalue weighted by Crippen LogP contribution is -2.50. The van der Waals surface area contributed by atoms with Gasteiger partial charge in [0.2, 0.25) is 0 Å². The van der Waals surface area contributed by atoms with E-state index in [9.17, 15) is 0 Å². The zero-order valence-electron chi connectivity index (χ0n) is 6.44. The van der Waals surface area contributed by atoms with Crippen molar-refractivity contribution in [3.05, 3.63) is 22.9 Å². The quantitative estimate of drug-likeness (QED) is 0.781. The molecule has 1 fully saturated rings. The van der Waals surface area contributed by atoms with Crippen LogP contribution in [0, 0.1) is 0 Å². The highest BCUT2D eigenvalue weighted by Gasteiger charge is 2.24. The summed E-state index contributed by atoms with van der Waals surface area (Å²) >= 11 is 3.35. The van der Waals surface area contributed by atoms with E-state index in [2.05, 4.69) is 25.8 Å². The van der Waals surface area contributed by atoms with Crippen molar-refractivity contribution in [2.75, 3.05) is 18.0 Å². The third-order valence-corrected chi connectivity index (χ3v) is 2.35. The van der Waals surface area contributed by atoms with Crippen molar-refractivity contribution in [3.63, 3.8) is 0 Å². The number of hydrogen-bond donors (Lipinski definition) is 1. The third-order valence-electron chi connectivity index (χ3n) is 1.92. The van der Waals surface area contributed by atoms with Crippen molar-refractivity contribution < 1.29 is 5.11 Å². The van der Waals surface area contributed by atoms with Crippen LogP contribution < -0.4 is 4.90 Å². The van der Waals surface area contributed by atoms with Gasteiger partial charge in [0.25, 0.3) is 0 Å². The van der Waals surface area contributed by atoms with Gasteiger partial charge < -0.3 is 10.0 Å². The molecule has 0 saturated carbocycles. The van der Waals surface area contributed by atoms with Gasteiger partial charge >= 0.3 is 0 Å². The smallest absolute Gasteiger partial charge is 0.0889 e. The van der Waals surface area contributed by atoms with E-state index in [4.69, 9.17) is 5.11 Å². The number of anilines is 1. The molecule has 0 unspecified atom stereocenters. The highest BCUT2D eigenvalue weighted by molar-refractivity contribution is 9.10. The number of pyridine rings is 1. The molecule has 1 aromatic heterocycles. The highest BCUT2D eigenvalue weighted by Crippen LogP contribution is 2.22. The number of aliphatic hydroxyl groups excluding tert-OH is 1. The van der Waals surface area contributed by atoms with Gasteiger partial charge in [0, 0.05) is 23.8 Å². The summed E-state index contributed by atoms with van der Waals surface area (Å²) < 4.78 is 0.974. The molecule has 0 spiro atoms. The summed E-state index contributed by atoms with van der Waals surface area (Å²) in [6.07, 6.45) is 3.39. The van der Waals surface area contributed by atoms with Gasteiger partial charge in [-0.15, -0.1) is 0 Å². The first-order valence-corrected chi connectivity index (χ1v) is 4.58. The minimum Gasteiger partial charge on any atom is -0.389 e. The van der Waals surface area contributed by atoms with Crippen LogP contribution in [0.1, 0.15) is 0 Å². The maximum atomic E-state index is 9.08. The number of halogens is 1. The zero-order valence-corrected chi connectivity index (χ0v) is 8.03. The fraction of sp³-hybridized carbons (Fsp3) is 0.375. The van der Waals surface area contributed by atoms with Crippen molar-refractivity contribution in [2.24, 2.45) is 0 Å². The molecule has 4 heteroatoms. The summed E-state index contributed by atoms with van der Waals surface area (Å²) in [6, 6.07) is 2.00. The maximum absolute atomic E-state index is 9.08. The van der Waals surface area contributed by atoms with Gasteiger partial charge in [-0.2, -0.15) is 0 Å². The molecule has 1 saturated heterocycles. The Hall–Kier alpha value is -0.610. The molecular formula is C8H9BrN2O. The van der Waals surface area contributed by atoms with E-state index >= 15 is 0 Å². The van der Waals surface area contributed by atoms with Crippen LogP contribution >= 0.6 is 15.9 Å². The Balaban J connectivity index is 2.13. The topological polar surface area (TPSA) is 36.4 Å². The van der Waals surface area contributed by atoms with E-state index < -0.39 is 0 Å². The molecule has 0 atom stereocenters. The monoisotopic (exact) mass is 228 g/mol. The molecule has 3 nitrogen and oxygen atoms in total. The van der Waals surface area contributed by atoms with E-state index in [0.29, 0.717) is 0 Å². The lowest BCUT2D eigenvalue weighted by molar-refractivity contribution is 0.142. The molecule has 0 amide bonds. The van der Waals surface area contributed by atoms with Crippen molar-refractivity contribution in [1.29, 1.82) is 0 Å². The second-order valence-corrected chi connectivity index (χ2v) is 3.84. The van der Waals surface area contributed by atoms with Crippen molar-refractivity contribution in [2.45, 2.75) is 6.10 Å². The Kier molecular flexibility index (Phi) is 2.02. The van der Waals surface area contributed by atoms with Crippen LogP contribution in [0.5, 0.6) is 0 Å². The number of nitrogens with zero attached hydrogens (tertiary/aromatic N) is 2. The number of aliphatic hydroxyl groups is 1. The molecule has 12 heavy (non-hydrogen) atoms. The Labute approximate surface area is 79.2 Å². The second-order valence-electron chi connectivity index (χ2n) is 2.92. The highest BCUT2D eigenvalue weighted by atomic mass is 79.9. The fourth-order valence-electron chi connectivity index (χ4n) is 1.24. The van der Waals surface area contributed by atoms with Gasteiger partial charge in [-0.05, 0) is 22.0 Å². The molecule has 0 bridgehead atoms. The largest absolute Gasteiger partial charge is 0.389 e. The molecule has 1 aliphatic rings. The predicted octanol–water partition coefficient (Wildman–Crippen LogP) is 1.03. The zero-order chi connectivity index (χ0) is 8.55. The predicted molar refractivity (Wildman–Crippen MR) is 50.2 cm³/mol. The minimum absolute atomic E-state index is 0.163.